The molecule has 4 fully saturated rings. The van der Waals surface area contributed by atoms with E-state index >= 15 is 0 Å². The summed E-state index contributed by atoms with van der Waals surface area (Å²) in [4.78, 5) is 116. The number of carbonyl (C=O) groups is 8. The van der Waals surface area contributed by atoms with Crippen molar-refractivity contribution in [3.63, 3.8) is 0 Å². The zero-order chi connectivity index (χ0) is 63.8. The van der Waals surface area contributed by atoms with Gasteiger partial charge in [-0.25, -0.2) is 0 Å². The molecule has 0 aliphatic carbocycles. The molecule has 0 radical (unpaired) electrons. The number of hydrogen-bond donors (Lipinski definition) is 10. The van der Waals surface area contributed by atoms with Crippen molar-refractivity contribution in [2.45, 2.75) is 190 Å². The Labute approximate surface area is 532 Å². The lowest BCUT2D eigenvalue weighted by Crippen LogP contribution is -2.58. The van der Waals surface area contributed by atoms with Gasteiger partial charge in [0.15, 0.2) is 0 Å². The molecule has 4 aromatic rings. The number of amides is 8. The van der Waals surface area contributed by atoms with Crippen LogP contribution in [-0.4, -0.2) is 146 Å². The van der Waals surface area contributed by atoms with E-state index in [-0.39, 0.29) is 59.4 Å². The summed E-state index contributed by atoms with van der Waals surface area (Å²) in [6, 6.07) is 31.9. The Morgan fingerprint density at radius 1 is 0.433 bits per heavy atom. The molecule has 8 rings (SSSR count). The molecule has 8 amide bonds. The fourth-order valence-corrected chi connectivity index (χ4v) is 13.4. The number of nitrogens with one attached hydrogen (secondary N) is 10. The largest absolute Gasteiger partial charge is 0.354 e. The molecule has 486 valence electrons. The number of fused-ring (bicyclic) bond motifs is 2. The molecule has 0 bridgehead atoms. The Hall–Kier alpha value is -7.52. The number of rotatable bonds is 33. The van der Waals surface area contributed by atoms with Gasteiger partial charge in [0.2, 0.25) is 47.3 Å². The monoisotopic (exact) mass is 1230 g/mol. The summed E-state index contributed by atoms with van der Waals surface area (Å²) in [6.45, 7) is 6.98. The zero-order valence-corrected chi connectivity index (χ0v) is 53.2. The number of hydrogen-bond acceptors (Lipinski definition) is 12. The van der Waals surface area contributed by atoms with Crippen molar-refractivity contribution in [3.05, 3.63) is 144 Å². The molecular formula is C70H98N12O8. The van der Waals surface area contributed by atoms with Gasteiger partial charge in [-0.05, 0) is 152 Å². The van der Waals surface area contributed by atoms with Gasteiger partial charge in [-0.2, -0.15) is 0 Å². The Balaban J connectivity index is 0.787. The van der Waals surface area contributed by atoms with Crippen molar-refractivity contribution >= 4 is 47.3 Å². The fraction of sp³-hybridized carbons (Fsp3) is 0.543. The molecule has 20 heteroatoms. The first kappa shape index (κ1) is 68.4. The normalized spacial score (nSPS) is 22.8. The zero-order valence-electron chi connectivity index (χ0n) is 53.2. The second kappa shape index (κ2) is 35.2. The van der Waals surface area contributed by atoms with Crippen LogP contribution in [0, 0.1) is 11.8 Å². The highest BCUT2D eigenvalue weighted by Crippen LogP contribution is 2.37. The smallest absolute Gasteiger partial charge is 0.247 e. The van der Waals surface area contributed by atoms with Crippen molar-refractivity contribution in [2.24, 2.45) is 11.8 Å². The minimum Gasteiger partial charge on any atom is -0.354 e. The van der Waals surface area contributed by atoms with Crippen LogP contribution >= 0.6 is 0 Å². The van der Waals surface area contributed by atoms with E-state index in [4.69, 9.17) is 0 Å². The molecule has 10 N–H and O–H groups in total. The van der Waals surface area contributed by atoms with E-state index in [0.717, 1.165) is 36.8 Å². The summed E-state index contributed by atoms with van der Waals surface area (Å²) in [7, 11) is 3.40. The average molecular weight is 1240 g/mol. The van der Waals surface area contributed by atoms with Gasteiger partial charge in [-0.15, -0.1) is 0 Å². The molecule has 4 saturated heterocycles. The van der Waals surface area contributed by atoms with Crippen molar-refractivity contribution in [1.82, 2.24) is 63.0 Å². The number of unbranched alkanes of at least 4 members (excludes halogenated alkanes) is 5. The predicted octanol–water partition coefficient (Wildman–Crippen LogP) is 5.36. The molecule has 12 atom stereocenters. The van der Waals surface area contributed by atoms with Crippen LogP contribution in [0.25, 0.3) is 0 Å². The van der Waals surface area contributed by atoms with Crippen molar-refractivity contribution in [2.75, 3.05) is 40.3 Å². The van der Waals surface area contributed by atoms with Crippen LogP contribution in [0.1, 0.15) is 151 Å². The first-order valence-corrected chi connectivity index (χ1v) is 33.1. The number of nitrogens with zero attached hydrogens (tertiary/aromatic N) is 2. The van der Waals surface area contributed by atoms with Crippen LogP contribution in [0.2, 0.25) is 0 Å². The Kier molecular flexibility index (Phi) is 26.7. The van der Waals surface area contributed by atoms with Gasteiger partial charge in [-0.1, -0.05) is 147 Å². The minimum atomic E-state index is -0.989. The van der Waals surface area contributed by atoms with Crippen LogP contribution in [0.4, 0.5) is 0 Å². The summed E-state index contributed by atoms with van der Waals surface area (Å²) >= 11 is 0. The van der Waals surface area contributed by atoms with E-state index in [9.17, 15) is 38.4 Å². The average Bonchev–Trinajstić information content (AvgIpc) is 1.69. The Bertz CT molecular complexity index is 2750. The molecule has 0 saturated carbocycles. The van der Waals surface area contributed by atoms with Crippen molar-refractivity contribution in [3.8, 4) is 0 Å². The van der Waals surface area contributed by atoms with Crippen LogP contribution in [0.5, 0.6) is 0 Å². The van der Waals surface area contributed by atoms with E-state index in [0.29, 0.717) is 127 Å². The van der Waals surface area contributed by atoms with Crippen LogP contribution in [-0.2, 0) is 51.4 Å². The molecule has 4 aromatic carbocycles. The molecule has 4 heterocycles. The van der Waals surface area contributed by atoms with E-state index < -0.39 is 60.1 Å². The third-order valence-corrected chi connectivity index (χ3v) is 18.9. The lowest BCUT2D eigenvalue weighted by Gasteiger charge is -2.33. The molecule has 1 unspecified atom stereocenters. The summed E-state index contributed by atoms with van der Waals surface area (Å²) in [5, 5.41) is 31.3. The number of carbonyl (C=O) groups excluding carboxylic acids is 8. The molecule has 0 spiro atoms. The maximum Gasteiger partial charge on any atom is 0.247 e. The highest BCUT2D eigenvalue weighted by molar-refractivity contribution is 5.97. The van der Waals surface area contributed by atoms with E-state index in [2.05, 4.69) is 77.4 Å². The lowest BCUT2D eigenvalue weighted by atomic mass is 9.90. The van der Waals surface area contributed by atoms with Crippen LogP contribution in [0.3, 0.4) is 0 Å². The lowest BCUT2D eigenvalue weighted by molar-refractivity contribution is -0.144. The topological polar surface area (TPSA) is 263 Å². The Morgan fingerprint density at radius 3 is 1.14 bits per heavy atom. The summed E-state index contributed by atoms with van der Waals surface area (Å²) in [5.74, 6) is -2.86. The fourth-order valence-electron chi connectivity index (χ4n) is 13.4. The second-order valence-corrected chi connectivity index (χ2v) is 25.0. The molecule has 0 aromatic heterocycles. The summed E-state index contributed by atoms with van der Waals surface area (Å²) < 4.78 is 0. The van der Waals surface area contributed by atoms with Gasteiger partial charge < -0.3 is 63.0 Å². The summed E-state index contributed by atoms with van der Waals surface area (Å²) in [6.07, 6.45) is 11.3. The maximum atomic E-state index is 14.7. The van der Waals surface area contributed by atoms with Crippen molar-refractivity contribution in [1.29, 1.82) is 0 Å². The van der Waals surface area contributed by atoms with Gasteiger partial charge >= 0.3 is 0 Å². The first-order valence-electron chi connectivity index (χ1n) is 33.1. The second-order valence-electron chi connectivity index (χ2n) is 25.0. The molecule has 4 aliphatic heterocycles. The molecular weight excluding hydrogens is 1140 g/mol. The van der Waals surface area contributed by atoms with E-state index in [1.807, 2.05) is 97.1 Å². The quantitative estimate of drug-likeness (QED) is 0.0271. The first-order chi connectivity index (χ1) is 43.8. The Morgan fingerprint density at radius 2 is 0.778 bits per heavy atom. The van der Waals surface area contributed by atoms with Gasteiger partial charge in [-0.3, -0.25) is 38.4 Å². The maximum absolute atomic E-state index is 14.7. The van der Waals surface area contributed by atoms with Gasteiger partial charge in [0.1, 0.15) is 36.3 Å². The third kappa shape index (κ3) is 19.0. The van der Waals surface area contributed by atoms with Crippen molar-refractivity contribution < 1.29 is 38.4 Å². The van der Waals surface area contributed by atoms with E-state index in [1.165, 1.54) is 0 Å². The molecule has 4 aliphatic rings. The number of likely N-dealkylation sites (N-methyl/N-ethyl adjacent to an activating group) is 2. The van der Waals surface area contributed by atoms with E-state index in [1.54, 1.807) is 37.7 Å². The van der Waals surface area contributed by atoms with Gasteiger partial charge in [0.05, 0.1) is 12.1 Å². The highest BCUT2D eigenvalue weighted by atomic mass is 16.2. The SMILES string of the molecule is CN[C@@H](C)C(=O)N[C@@H]1C(=O)N2[C@@H](CC[C@@H]1CCNCc1ccccc1)CC[C@H]2C(=O)NC(C(=O)NCCCCCCCCNC(=O)[C@@H](NC(=O)[C@@H]1CC[C@@H]2CC[C@H](CCNCc3ccccc3)[C@H](NC(=O)[C@H](C)NC)C(=O)N21)c1ccccc1)c1ccccc1. The summed E-state index contributed by atoms with van der Waals surface area (Å²) in [5.41, 5.74) is 3.57. The number of benzene rings is 4. The predicted molar refractivity (Wildman–Crippen MR) is 348 cm³/mol. The standard InChI is InChI=1S/C70H98N12O8/c1-47(71-3)63(83)79-61-53(39-43-73-45-49-23-13-9-14-24-49)31-33-55-35-37-57(81(55)69(61)89)65(85)77-59(51-27-17-11-18-28-51)67(87)75-41-21-7-5-6-8-22-42-76-68(88)60(52-29-19-12-20-30-52)78-66(86)58-38-36-56-34-32-54(40-44-74-46-50-25-15-10-16-26-50)62(70(90)82(56)58)80-64(84)48(2)72-4/h9-20,23-30,47-48,53-62,71-74H,5-8,21-22,31-46H2,1-4H3,(H,75,87)(H,76,88)(H,77,85)(H,78,86)(H,79,83)(H,80,84)/t47-,48-,53+,54+,55-,56-,57-,58-,59-,60?,61-,62-/m0/s1. The van der Waals surface area contributed by atoms with Gasteiger partial charge in [0, 0.05) is 38.3 Å². The van der Waals surface area contributed by atoms with Crippen LogP contribution in [0.15, 0.2) is 121 Å². The third-order valence-electron chi connectivity index (χ3n) is 18.9. The molecule has 20 nitrogen and oxygen atoms in total. The minimum absolute atomic E-state index is 0.141. The molecule has 90 heavy (non-hydrogen) atoms. The van der Waals surface area contributed by atoms with Crippen LogP contribution < -0.4 is 53.2 Å². The van der Waals surface area contributed by atoms with Gasteiger partial charge in [0.25, 0.3) is 0 Å². The highest BCUT2D eigenvalue weighted by Gasteiger charge is 2.50.